The Kier molecular flexibility index (Phi) is 6.55. The summed E-state index contributed by atoms with van der Waals surface area (Å²) in [5.74, 6) is 1.46. The van der Waals surface area contributed by atoms with E-state index in [1.165, 1.54) is 16.4 Å². The number of nitrogens with zero attached hydrogens (tertiary/aromatic N) is 4. The smallest absolute Gasteiger partial charge is 0.230 e. The Morgan fingerprint density at radius 1 is 1.21 bits per heavy atom. The number of amides is 1. The van der Waals surface area contributed by atoms with E-state index in [-0.39, 0.29) is 23.5 Å². The monoisotopic (exact) mass is 415 g/mol. The lowest BCUT2D eigenvalue weighted by atomic mass is 10.1. The third-order valence-electron chi connectivity index (χ3n) is 4.15. The van der Waals surface area contributed by atoms with Crippen LogP contribution in [0.15, 0.2) is 47.6 Å². The van der Waals surface area contributed by atoms with Crippen molar-refractivity contribution in [3.63, 3.8) is 0 Å². The quantitative estimate of drug-likeness (QED) is 0.540. The molecule has 0 spiro atoms. The number of aromatic hydroxyl groups is 1. The molecular formula is C19H21N5O4S. The van der Waals surface area contributed by atoms with Gasteiger partial charge in [0.15, 0.2) is 0 Å². The zero-order valence-corrected chi connectivity index (χ0v) is 17.0. The number of phenolic OH excluding ortho intramolecular Hbond substituents is 1. The molecule has 29 heavy (non-hydrogen) atoms. The van der Waals surface area contributed by atoms with Crippen molar-refractivity contribution < 1.29 is 19.4 Å². The molecule has 10 heteroatoms. The Labute approximate surface area is 172 Å². The maximum absolute atomic E-state index is 12.5. The second-order valence-electron chi connectivity index (χ2n) is 6.08. The number of benzene rings is 2. The van der Waals surface area contributed by atoms with Gasteiger partial charge in [-0.3, -0.25) is 4.79 Å². The molecule has 0 saturated heterocycles. The van der Waals surface area contributed by atoms with Crippen LogP contribution in [0.2, 0.25) is 0 Å². The van der Waals surface area contributed by atoms with Gasteiger partial charge in [-0.2, -0.15) is 4.68 Å². The fourth-order valence-corrected chi connectivity index (χ4v) is 3.40. The molecule has 0 aliphatic heterocycles. The van der Waals surface area contributed by atoms with Gasteiger partial charge in [-0.15, -0.1) is 5.10 Å². The molecule has 1 aromatic heterocycles. The molecule has 0 bridgehead atoms. The lowest BCUT2D eigenvalue weighted by molar-refractivity contribution is -0.119. The van der Waals surface area contributed by atoms with E-state index in [2.05, 4.69) is 20.8 Å². The fourth-order valence-electron chi connectivity index (χ4n) is 2.69. The number of hydrogen-bond acceptors (Lipinski definition) is 8. The highest BCUT2D eigenvalue weighted by molar-refractivity contribution is 7.99. The second-order valence-corrected chi connectivity index (χ2v) is 7.02. The number of methoxy groups -OCH3 is 2. The summed E-state index contributed by atoms with van der Waals surface area (Å²) < 4.78 is 12.1. The van der Waals surface area contributed by atoms with Crippen molar-refractivity contribution in [3.8, 4) is 22.9 Å². The average Bonchev–Trinajstić information content (AvgIpc) is 3.20. The van der Waals surface area contributed by atoms with Crippen LogP contribution in [0.1, 0.15) is 18.5 Å². The molecular weight excluding hydrogens is 394 g/mol. The minimum atomic E-state index is -0.277. The van der Waals surface area contributed by atoms with E-state index in [1.54, 1.807) is 50.6 Å². The van der Waals surface area contributed by atoms with Crippen LogP contribution >= 0.6 is 11.8 Å². The summed E-state index contributed by atoms with van der Waals surface area (Å²) in [7, 11) is 3.17. The zero-order chi connectivity index (χ0) is 20.8. The van der Waals surface area contributed by atoms with E-state index in [1.807, 2.05) is 13.0 Å². The first-order valence-electron chi connectivity index (χ1n) is 8.73. The Balaban J connectivity index is 1.64. The third-order valence-corrected chi connectivity index (χ3v) is 5.07. The van der Waals surface area contributed by atoms with E-state index in [0.29, 0.717) is 22.3 Å². The minimum Gasteiger partial charge on any atom is -0.508 e. The number of thioether (sulfide) groups is 1. The van der Waals surface area contributed by atoms with Crippen molar-refractivity contribution in [1.29, 1.82) is 0 Å². The van der Waals surface area contributed by atoms with Gasteiger partial charge in [-0.05, 0) is 59.8 Å². The summed E-state index contributed by atoms with van der Waals surface area (Å²) >= 11 is 1.21. The van der Waals surface area contributed by atoms with Crippen molar-refractivity contribution in [2.75, 3.05) is 20.0 Å². The molecule has 152 valence electrons. The van der Waals surface area contributed by atoms with E-state index < -0.39 is 0 Å². The first-order chi connectivity index (χ1) is 14.0. The number of aromatic nitrogens is 4. The summed E-state index contributed by atoms with van der Waals surface area (Å²) in [5.41, 5.74) is 1.50. The Bertz CT molecular complexity index is 977. The molecule has 1 heterocycles. The largest absolute Gasteiger partial charge is 0.508 e. The van der Waals surface area contributed by atoms with Crippen LogP contribution < -0.4 is 14.8 Å². The first kappa shape index (κ1) is 20.5. The molecule has 3 aromatic rings. The standard InChI is InChI=1S/C19H21N5O4S/c1-12(16-10-15(27-2)8-9-17(16)28-3)20-18(26)11-29-19-21-22-23-24(19)13-4-6-14(25)7-5-13/h4-10,12,25H,11H2,1-3H3,(H,20,26)/t12-/m0/s1. The van der Waals surface area contributed by atoms with Crippen LogP contribution in [0.25, 0.3) is 5.69 Å². The number of nitrogens with one attached hydrogen (secondary N) is 1. The van der Waals surface area contributed by atoms with E-state index in [0.717, 1.165) is 5.56 Å². The highest BCUT2D eigenvalue weighted by Crippen LogP contribution is 2.29. The van der Waals surface area contributed by atoms with Crippen molar-refractivity contribution >= 4 is 17.7 Å². The van der Waals surface area contributed by atoms with Crippen LogP contribution in [0.3, 0.4) is 0 Å². The maximum Gasteiger partial charge on any atom is 0.230 e. The molecule has 2 N–H and O–H groups in total. The summed E-state index contributed by atoms with van der Waals surface area (Å²) in [6.45, 7) is 1.88. The van der Waals surface area contributed by atoms with E-state index in [4.69, 9.17) is 9.47 Å². The van der Waals surface area contributed by atoms with Crippen molar-refractivity contribution in [2.24, 2.45) is 0 Å². The molecule has 2 aromatic carbocycles. The molecule has 0 aliphatic carbocycles. The number of carbonyl (C=O) groups excluding carboxylic acids is 1. The Hall–Kier alpha value is -3.27. The van der Waals surface area contributed by atoms with Gasteiger partial charge in [0.2, 0.25) is 11.1 Å². The van der Waals surface area contributed by atoms with Crippen LogP contribution in [-0.4, -0.2) is 51.2 Å². The summed E-state index contributed by atoms with van der Waals surface area (Å²) in [5, 5.41) is 24.4. The highest BCUT2D eigenvalue weighted by Gasteiger charge is 2.17. The molecule has 0 radical (unpaired) electrons. The average molecular weight is 415 g/mol. The number of tetrazole rings is 1. The molecule has 0 saturated carbocycles. The van der Waals surface area contributed by atoms with Gasteiger partial charge in [0.25, 0.3) is 0 Å². The minimum absolute atomic E-state index is 0.134. The molecule has 9 nitrogen and oxygen atoms in total. The number of carbonyl (C=O) groups is 1. The Morgan fingerprint density at radius 2 is 1.97 bits per heavy atom. The van der Waals surface area contributed by atoms with Gasteiger partial charge >= 0.3 is 0 Å². The summed E-state index contributed by atoms with van der Waals surface area (Å²) in [6, 6.07) is 11.6. The summed E-state index contributed by atoms with van der Waals surface area (Å²) in [6.07, 6.45) is 0. The lowest BCUT2D eigenvalue weighted by Gasteiger charge is -2.18. The van der Waals surface area contributed by atoms with Crippen LogP contribution in [-0.2, 0) is 4.79 Å². The van der Waals surface area contributed by atoms with Gasteiger partial charge in [0.05, 0.1) is 31.7 Å². The van der Waals surface area contributed by atoms with Crippen molar-refractivity contribution in [1.82, 2.24) is 25.5 Å². The Morgan fingerprint density at radius 3 is 2.66 bits per heavy atom. The maximum atomic E-state index is 12.5. The van der Waals surface area contributed by atoms with Crippen molar-refractivity contribution in [3.05, 3.63) is 48.0 Å². The number of ether oxygens (including phenoxy) is 2. The van der Waals surface area contributed by atoms with E-state index >= 15 is 0 Å². The van der Waals surface area contributed by atoms with Gasteiger partial charge in [-0.1, -0.05) is 11.8 Å². The molecule has 3 rings (SSSR count). The predicted molar refractivity (Wildman–Crippen MR) is 108 cm³/mol. The SMILES string of the molecule is COc1ccc(OC)c([C@H](C)NC(=O)CSc2nnnn2-c2ccc(O)cc2)c1. The summed E-state index contributed by atoms with van der Waals surface area (Å²) in [4.78, 5) is 12.5. The predicted octanol–water partition coefficient (Wildman–Crippen LogP) is 2.35. The fraction of sp³-hybridized carbons (Fsp3) is 0.263. The molecule has 1 amide bonds. The van der Waals surface area contributed by atoms with Gasteiger partial charge in [0.1, 0.15) is 17.2 Å². The van der Waals surface area contributed by atoms with Gasteiger partial charge in [-0.25, -0.2) is 0 Å². The second kappa shape index (κ2) is 9.28. The lowest BCUT2D eigenvalue weighted by Crippen LogP contribution is -2.28. The van der Waals surface area contributed by atoms with Crippen LogP contribution in [0.5, 0.6) is 17.2 Å². The molecule has 0 aliphatic rings. The molecule has 0 fully saturated rings. The normalized spacial score (nSPS) is 11.7. The number of phenols is 1. The topological polar surface area (TPSA) is 111 Å². The van der Waals surface area contributed by atoms with Gasteiger partial charge in [0, 0.05) is 5.56 Å². The molecule has 1 atom stereocenters. The zero-order valence-electron chi connectivity index (χ0n) is 16.2. The van der Waals surface area contributed by atoms with Crippen LogP contribution in [0, 0.1) is 0 Å². The van der Waals surface area contributed by atoms with Crippen molar-refractivity contribution in [2.45, 2.75) is 18.1 Å². The number of hydrogen-bond donors (Lipinski definition) is 2. The van der Waals surface area contributed by atoms with Crippen LogP contribution in [0.4, 0.5) is 0 Å². The van der Waals surface area contributed by atoms with E-state index in [9.17, 15) is 9.90 Å². The first-order valence-corrected chi connectivity index (χ1v) is 9.72. The third kappa shape index (κ3) is 4.96. The highest BCUT2D eigenvalue weighted by atomic mass is 32.2. The molecule has 0 unspecified atom stereocenters. The van der Waals surface area contributed by atoms with Gasteiger partial charge < -0.3 is 19.9 Å². The number of rotatable bonds is 8.